The lowest BCUT2D eigenvalue weighted by Gasteiger charge is -2.03. The molecule has 0 saturated heterocycles. The molecule has 29 heavy (non-hydrogen) atoms. The van der Waals surface area contributed by atoms with Crippen LogP contribution < -0.4 is 10.0 Å². The number of hydrogen-bond donors (Lipinski definition) is 2. The second-order valence-electron chi connectivity index (χ2n) is 6.13. The van der Waals surface area contributed by atoms with Crippen molar-refractivity contribution in [1.82, 2.24) is 9.88 Å². The lowest BCUT2D eigenvalue weighted by Crippen LogP contribution is -2.25. The number of anilines is 1. The number of hydrogen-bond acceptors (Lipinski definition) is 7. The van der Waals surface area contributed by atoms with E-state index in [9.17, 15) is 13.2 Å². The standard InChI is InChI=1S/C19H21N3O4S3/c1-3-17(23)21-19-13(2)22-26-16(19)8-6-15-7-9-18(28-15)29(24,25)20-11-10-14-5-4-12-27-14/h4-9,12,20H,3,10-11H2,1-2H3,(H,21,23)/b8-6+. The molecule has 0 fully saturated rings. The lowest BCUT2D eigenvalue weighted by molar-refractivity contribution is -0.115. The molecule has 3 heterocycles. The number of nitrogens with one attached hydrogen (secondary N) is 2. The molecule has 0 bridgehead atoms. The van der Waals surface area contributed by atoms with Crippen LogP contribution in [0, 0.1) is 6.92 Å². The molecule has 0 aromatic carbocycles. The Morgan fingerprint density at radius 3 is 2.83 bits per heavy atom. The van der Waals surface area contributed by atoms with Gasteiger partial charge in [0.1, 0.15) is 15.6 Å². The van der Waals surface area contributed by atoms with Gasteiger partial charge in [-0.1, -0.05) is 18.1 Å². The van der Waals surface area contributed by atoms with Crippen molar-refractivity contribution >= 4 is 56.4 Å². The number of thiophene rings is 2. The molecule has 0 aliphatic carbocycles. The molecule has 3 aromatic rings. The number of carbonyl (C=O) groups is 1. The SMILES string of the molecule is CCC(=O)Nc1c(C)noc1/C=C/c1ccc(S(=O)(=O)NCCc2cccs2)s1. The number of aromatic nitrogens is 1. The van der Waals surface area contributed by atoms with Gasteiger partial charge in [-0.2, -0.15) is 0 Å². The number of nitrogens with zero attached hydrogens (tertiary/aromatic N) is 1. The van der Waals surface area contributed by atoms with Crippen LogP contribution in [0.15, 0.2) is 38.4 Å². The molecule has 7 nitrogen and oxygen atoms in total. The van der Waals surface area contributed by atoms with E-state index in [1.54, 1.807) is 49.5 Å². The zero-order valence-corrected chi connectivity index (χ0v) is 18.4. The molecule has 3 aromatic heterocycles. The predicted octanol–water partition coefficient (Wildman–Crippen LogP) is 4.15. The molecule has 0 atom stereocenters. The van der Waals surface area contributed by atoms with Gasteiger partial charge in [-0.15, -0.1) is 22.7 Å². The summed E-state index contributed by atoms with van der Waals surface area (Å²) in [6, 6.07) is 7.22. The fourth-order valence-electron chi connectivity index (χ4n) is 2.44. The third-order valence-electron chi connectivity index (χ3n) is 3.98. The van der Waals surface area contributed by atoms with Gasteiger partial charge in [-0.3, -0.25) is 4.79 Å². The predicted molar refractivity (Wildman–Crippen MR) is 117 cm³/mol. The molecule has 0 spiro atoms. The van der Waals surface area contributed by atoms with Gasteiger partial charge in [0.15, 0.2) is 5.76 Å². The molecule has 0 aliphatic rings. The molecule has 0 aliphatic heterocycles. The van der Waals surface area contributed by atoms with E-state index in [-0.39, 0.29) is 10.1 Å². The molecule has 0 radical (unpaired) electrons. The number of aryl methyl sites for hydroxylation is 1. The number of sulfonamides is 1. The van der Waals surface area contributed by atoms with Crippen LogP contribution >= 0.6 is 22.7 Å². The monoisotopic (exact) mass is 451 g/mol. The quantitative estimate of drug-likeness (QED) is 0.509. The van der Waals surface area contributed by atoms with Crippen molar-refractivity contribution < 1.29 is 17.7 Å². The second kappa shape index (κ2) is 9.49. The zero-order chi connectivity index (χ0) is 20.9. The molecule has 0 saturated carbocycles. The second-order valence-corrected chi connectivity index (χ2v) is 10.3. The van der Waals surface area contributed by atoms with E-state index in [0.717, 1.165) is 21.1 Å². The van der Waals surface area contributed by atoms with E-state index in [2.05, 4.69) is 15.2 Å². The van der Waals surface area contributed by atoms with Gasteiger partial charge in [0.05, 0.1) is 0 Å². The smallest absolute Gasteiger partial charge is 0.250 e. The minimum Gasteiger partial charge on any atom is -0.354 e. The molecular formula is C19H21N3O4S3. The summed E-state index contributed by atoms with van der Waals surface area (Å²) in [5, 5.41) is 8.60. The van der Waals surface area contributed by atoms with Crippen molar-refractivity contribution in [3.05, 3.63) is 50.9 Å². The third kappa shape index (κ3) is 5.63. The Balaban J connectivity index is 1.66. The molecule has 154 valence electrons. The minimum absolute atomic E-state index is 0.135. The van der Waals surface area contributed by atoms with Crippen molar-refractivity contribution in [2.24, 2.45) is 0 Å². The van der Waals surface area contributed by atoms with Gasteiger partial charge >= 0.3 is 0 Å². The summed E-state index contributed by atoms with van der Waals surface area (Å²) in [5.41, 5.74) is 1.10. The van der Waals surface area contributed by atoms with E-state index in [4.69, 9.17) is 4.52 Å². The van der Waals surface area contributed by atoms with Crippen LogP contribution in [0.2, 0.25) is 0 Å². The third-order valence-corrected chi connectivity index (χ3v) is 7.92. The lowest BCUT2D eigenvalue weighted by atomic mass is 10.2. The Morgan fingerprint density at radius 2 is 2.10 bits per heavy atom. The maximum absolute atomic E-state index is 12.5. The number of amides is 1. The Kier molecular flexibility index (Phi) is 7.01. The highest BCUT2D eigenvalue weighted by Gasteiger charge is 2.16. The van der Waals surface area contributed by atoms with Crippen LogP contribution in [0.3, 0.4) is 0 Å². The van der Waals surface area contributed by atoms with Crippen molar-refractivity contribution in [3.8, 4) is 0 Å². The molecule has 2 N–H and O–H groups in total. The Hall–Kier alpha value is -2.27. The Labute approximate surface area is 177 Å². The summed E-state index contributed by atoms with van der Waals surface area (Å²) in [4.78, 5) is 13.5. The van der Waals surface area contributed by atoms with E-state index in [0.29, 0.717) is 36.5 Å². The van der Waals surface area contributed by atoms with Crippen molar-refractivity contribution in [3.63, 3.8) is 0 Å². The van der Waals surface area contributed by atoms with Gasteiger partial charge in [-0.25, -0.2) is 13.1 Å². The van der Waals surface area contributed by atoms with E-state index in [1.807, 2.05) is 17.5 Å². The summed E-state index contributed by atoms with van der Waals surface area (Å²) in [6.45, 7) is 3.85. The van der Waals surface area contributed by atoms with Gasteiger partial charge in [-0.05, 0) is 49.1 Å². The van der Waals surface area contributed by atoms with Crippen LogP contribution in [-0.2, 0) is 21.2 Å². The molecular weight excluding hydrogens is 430 g/mol. The zero-order valence-electron chi connectivity index (χ0n) is 16.0. The average molecular weight is 452 g/mol. The topological polar surface area (TPSA) is 101 Å². The number of rotatable bonds is 9. The van der Waals surface area contributed by atoms with Gasteiger partial charge in [0.25, 0.3) is 0 Å². The Bertz CT molecular complexity index is 1100. The maximum Gasteiger partial charge on any atom is 0.250 e. The van der Waals surface area contributed by atoms with Crippen molar-refractivity contribution in [2.75, 3.05) is 11.9 Å². The fraction of sp³-hybridized carbons (Fsp3) is 0.263. The van der Waals surface area contributed by atoms with Crippen molar-refractivity contribution in [1.29, 1.82) is 0 Å². The van der Waals surface area contributed by atoms with E-state index in [1.165, 1.54) is 0 Å². The largest absolute Gasteiger partial charge is 0.354 e. The van der Waals surface area contributed by atoms with E-state index >= 15 is 0 Å². The molecule has 10 heteroatoms. The highest BCUT2D eigenvalue weighted by Crippen LogP contribution is 2.26. The van der Waals surface area contributed by atoms with Crippen molar-refractivity contribution in [2.45, 2.75) is 30.9 Å². The van der Waals surface area contributed by atoms with Crippen LogP contribution in [0.5, 0.6) is 0 Å². The van der Waals surface area contributed by atoms with Crippen LogP contribution in [0.1, 0.15) is 34.6 Å². The van der Waals surface area contributed by atoms with Gasteiger partial charge in [0.2, 0.25) is 15.9 Å². The maximum atomic E-state index is 12.5. The van der Waals surface area contributed by atoms with Crippen LogP contribution in [-0.4, -0.2) is 26.0 Å². The molecule has 0 unspecified atom stereocenters. The van der Waals surface area contributed by atoms with Crippen LogP contribution in [0.25, 0.3) is 12.2 Å². The Morgan fingerprint density at radius 1 is 1.28 bits per heavy atom. The van der Waals surface area contributed by atoms with Gasteiger partial charge < -0.3 is 9.84 Å². The first-order valence-corrected chi connectivity index (χ1v) is 12.1. The number of carbonyl (C=O) groups excluding carboxylic acids is 1. The van der Waals surface area contributed by atoms with Crippen LogP contribution in [0.4, 0.5) is 5.69 Å². The first kappa shape index (κ1) is 21.4. The van der Waals surface area contributed by atoms with E-state index < -0.39 is 10.0 Å². The highest BCUT2D eigenvalue weighted by molar-refractivity contribution is 7.91. The summed E-state index contributed by atoms with van der Waals surface area (Å²) in [5.74, 6) is 0.278. The summed E-state index contributed by atoms with van der Waals surface area (Å²) >= 11 is 2.76. The summed E-state index contributed by atoms with van der Waals surface area (Å²) in [6.07, 6.45) is 4.40. The molecule has 1 amide bonds. The van der Waals surface area contributed by atoms with Gasteiger partial charge in [0, 0.05) is 22.7 Å². The average Bonchev–Trinajstić information content (AvgIpc) is 3.43. The first-order valence-electron chi connectivity index (χ1n) is 8.95. The minimum atomic E-state index is -3.55. The summed E-state index contributed by atoms with van der Waals surface area (Å²) in [7, 11) is -3.55. The molecule has 3 rings (SSSR count). The fourth-order valence-corrected chi connectivity index (χ4v) is 5.46. The summed E-state index contributed by atoms with van der Waals surface area (Å²) < 4.78 is 33.1. The first-order chi connectivity index (χ1) is 13.9. The highest BCUT2D eigenvalue weighted by atomic mass is 32.2. The normalized spacial score (nSPS) is 11.9.